The van der Waals surface area contributed by atoms with Crippen LogP contribution in [-0.4, -0.2) is 15.1 Å². The van der Waals surface area contributed by atoms with Crippen molar-refractivity contribution >= 4 is 0 Å². The van der Waals surface area contributed by atoms with Crippen LogP contribution in [-0.2, 0) is 12.6 Å². The summed E-state index contributed by atoms with van der Waals surface area (Å²) in [6.45, 7) is 1.98. The average molecular weight is 319 g/mol. The zero-order valence-corrected chi connectivity index (χ0v) is 12.1. The van der Waals surface area contributed by atoms with Crippen molar-refractivity contribution in [2.24, 2.45) is 0 Å². The summed E-state index contributed by atoms with van der Waals surface area (Å²) in [6.07, 6.45) is -0.394. The summed E-state index contributed by atoms with van der Waals surface area (Å²) in [6, 6.07) is 8.96. The molecule has 0 saturated carbocycles. The zero-order chi connectivity index (χ0) is 16.4. The van der Waals surface area contributed by atoms with E-state index in [0.29, 0.717) is 12.0 Å². The molecule has 0 saturated heterocycles. The number of hydrogen-bond acceptors (Lipinski definition) is 4. The van der Waals surface area contributed by atoms with Gasteiger partial charge < -0.3 is 4.52 Å². The Morgan fingerprint density at radius 1 is 1.09 bits per heavy atom. The highest BCUT2D eigenvalue weighted by atomic mass is 19.4. The molecule has 2 heterocycles. The number of nitrogens with zero attached hydrogens (tertiary/aromatic N) is 3. The second-order valence-corrected chi connectivity index (χ2v) is 5.10. The van der Waals surface area contributed by atoms with Crippen LogP contribution < -0.4 is 0 Å². The van der Waals surface area contributed by atoms with E-state index >= 15 is 0 Å². The third-order valence-electron chi connectivity index (χ3n) is 3.41. The Morgan fingerprint density at radius 2 is 1.83 bits per heavy atom. The molecule has 23 heavy (non-hydrogen) atoms. The first-order valence-electron chi connectivity index (χ1n) is 6.83. The van der Waals surface area contributed by atoms with Gasteiger partial charge in [0.1, 0.15) is 0 Å². The Kier molecular flexibility index (Phi) is 3.85. The van der Waals surface area contributed by atoms with Crippen molar-refractivity contribution < 1.29 is 17.7 Å². The van der Waals surface area contributed by atoms with Crippen LogP contribution >= 0.6 is 0 Å². The van der Waals surface area contributed by atoms with E-state index in [1.54, 1.807) is 24.5 Å². The van der Waals surface area contributed by atoms with Gasteiger partial charge in [0.05, 0.1) is 0 Å². The lowest BCUT2D eigenvalue weighted by Gasteiger charge is -2.05. The molecule has 0 radical (unpaired) electrons. The van der Waals surface area contributed by atoms with Gasteiger partial charge in [-0.05, 0) is 36.1 Å². The molecule has 2 aromatic heterocycles. The van der Waals surface area contributed by atoms with Gasteiger partial charge in [-0.25, -0.2) is 0 Å². The number of pyridine rings is 1. The molecule has 0 bridgehead atoms. The van der Waals surface area contributed by atoms with Crippen LogP contribution in [0, 0.1) is 6.92 Å². The van der Waals surface area contributed by atoms with Crippen LogP contribution in [0.1, 0.15) is 22.6 Å². The first-order valence-corrected chi connectivity index (χ1v) is 6.83. The van der Waals surface area contributed by atoms with Crippen LogP contribution in [0.5, 0.6) is 0 Å². The van der Waals surface area contributed by atoms with Gasteiger partial charge >= 0.3 is 12.1 Å². The minimum Gasteiger partial charge on any atom is -0.329 e. The number of alkyl halides is 3. The fourth-order valence-electron chi connectivity index (χ4n) is 2.15. The molecule has 0 aliphatic heterocycles. The summed E-state index contributed by atoms with van der Waals surface area (Å²) >= 11 is 0. The van der Waals surface area contributed by atoms with Gasteiger partial charge in [0.15, 0.2) is 0 Å². The maximum absolute atomic E-state index is 12.5. The van der Waals surface area contributed by atoms with Crippen molar-refractivity contribution in [3.63, 3.8) is 0 Å². The van der Waals surface area contributed by atoms with Gasteiger partial charge in [-0.2, -0.15) is 18.2 Å². The average Bonchev–Trinajstić information content (AvgIpc) is 3.00. The van der Waals surface area contributed by atoms with Gasteiger partial charge in [0.25, 0.3) is 0 Å². The quantitative estimate of drug-likeness (QED) is 0.731. The second kappa shape index (κ2) is 5.83. The maximum Gasteiger partial charge on any atom is 0.471 e. The Balaban J connectivity index is 1.80. The summed E-state index contributed by atoms with van der Waals surface area (Å²) in [5, 5.41) is 3.37. The minimum atomic E-state index is -4.63. The van der Waals surface area contributed by atoms with Gasteiger partial charge in [-0.1, -0.05) is 29.4 Å². The van der Waals surface area contributed by atoms with Crippen molar-refractivity contribution in [1.82, 2.24) is 15.1 Å². The van der Waals surface area contributed by atoms with Crippen LogP contribution in [0.3, 0.4) is 0 Å². The summed E-state index contributed by atoms with van der Waals surface area (Å²) < 4.78 is 41.6. The van der Waals surface area contributed by atoms with Crippen molar-refractivity contribution in [2.75, 3.05) is 0 Å². The molecule has 0 atom stereocenters. The predicted molar refractivity (Wildman–Crippen MR) is 76.5 cm³/mol. The van der Waals surface area contributed by atoms with Gasteiger partial charge in [-0.3, -0.25) is 4.98 Å². The number of benzene rings is 1. The summed E-state index contributed by atoms with van der Waals surface area (Å²) in [7, 11) is 0. The molecule has 118 valence electrons. The lowest BCUT2D eigenvalue weighted by Crippen LogP contribution is -2.04. The van der Waals surface area contributed by atoms with Gasteiger partial charge in [0.2, 0.25) is 5.82 Å². The first-order chi connectivity index (χ1) is 10.9. The van der Waals surface area contributed by atoms with Crippen LogP contribution in [0.2, 0.25) is 0 Å². The first kappa shape index (κ1) is 15.2. The Labute approximate surface area is 130 Å². The fourth-order valence-corrected chi connectivity index (χ4v) is 2.15. The largest absolute Gasteiger partial charge is 0.471 e. The highest BCUT2D eigenvalue weighted by Crippen LogP contribution is 2.29. The number of aryl methyl sites for hydroxylation is 1. The highest BCUT2D eigenvalue weighted by Gasteiger charge is 2.38. The van der Waals surface area contributed by atoms with E-state index in [1.807, 2.05) is 25.1 Å². The molecule has 0 spiro atoms. The zero-order valence-electron chi connectivity index (χ0n) is 12.1. The second-order valence-electron chi connectivity index (χ2n) is 5.10. The lowest BCUT2D eigenvalue weighted by molar-refractivity contribution is -0.159. The molecule has 0 unspecified atom stereocenters. The van der Waals surface area contributed by atoms with Crippen molar-refractivity contribution in [3.8, 4) is 11.4 Å². The predicted octanol–water partition coefficient (Wildman–Crippen LogP) is 4.05. The molecule has 3 aromatic rings. The monoisotopic (exact) mass is 319 g/mol. The molecular weight excluding hydrogens is 307 g/mol. The Morgan fingerprint density at radius 3 is 2.43 bits per heavy atom. The molecule has 0 fully saturated rings. The number of rotatable bonds is 3. The Hall–Kier alpha value is -2.70. The van der Waals surface area contributed by atoms with E-state index in [0.717, 1.165) is 16.7 Å². The van der Waals surface area contributed by atoms with Crippen LogP contribution in [0.25, 0.3) is 11.4 Å². The molecular formula is C16H12F3N3O. The molecule has 1 aromatic carbocycles. The molecule has 7 heteroatoms. The van der Waals surface area contributed by atoms with E-state index in [9.17, 15) is 13.2 Å². The van der Waals surface area contributed by atoms with Crippen molar-refractivity contribution in [3.05, 3.63) is 65.3 Å². The SMILES string of the molecule is Cc1cnccc1Cc1ccc(-c2noc(C(F)(F)F)n2)cc1. The molecule has 0 aliphatic rings. The van der Waals surface area contributed by atoms with Crippen LogP contribution in [0.4, 0.5) is 13.2 Å². The number of halogens is 3. The van der Waals surface area contributed by atoms with Crippen molar-refractivity contribution in [2.45, 2.75) is 19.5 Å². The fraction of sp³-hybridized carbons (Fsp3) is 0.188. The van der Waals surface area contributed by atoms with E-state index < -0.39 is 12.1 Å². The topological polar surface area (TPSA) is 51.8 Å². The molecule has 0 amide bonds. The molecule has 0 N–H and O–H groups in total. The normalized spacial score (nSPS) is 11.7. The molecule has 4 nitrogen and oxygen atoms in total. The van der Waals surface area contributed by atoms with Gasteiger partial charge in [0, 0.05) is 18.0 Å². The summed E-state index contributed by atoms with van der Waals surface area (Å²) in [5.74, 6) is -1.42. The standard InChI is InChI=1S/C16H12F3N3O/c1-10-9-20-7-6-13(10)8-11-2-4-12(5-3-11)14-21-15(23-22-14)16(17,18)19/h2-7,9H,8H2,1H3. The Bertz CT molecular complexity index is 810. The highest BCUT2D eigenvalue weighted by molar-refractivity contribution is 5.55. The molecule has 3 rings (SSSR count). The minimum absolute atomic E-state index is 0.0797. The third kappa shape index (κ3) is 3.39. The third-order valence-corrected chi connectivity index (χ3v) is 3.41. The smallest absolute Gasteiger partial charge is 0.329 e. The van der Waals surface area contributed by atoms with Crippen LogP contribution in [0.15, 0.2) is 47.2 Å². The van der Waals surface area contributed by atoms with Gasteiger partial charge in [-0.15, -0.1) is 0 Å². The lowest BCUT2D eigenvalue weighted by atomic mass is 10.0. The summed E-state index contributed by atoms with van der Waals surface area (Å²) in [4.78, 5) is 7.41. The number of hydrogen-bond donors (Lipinski definition) is 0. The maximum atomic E-state index is 12.5. The van der Waals surface area contributed by atoms with Crippen molar-refractivity contribution in [1.29, 1.82) is 0 Å². The van der Waals surface area contributed by atoms with E-state index in [1.165, 1.54) is 0 Å². The summed E-state index contributed by atoms with van der Waals surface area (Å²) in [5.41, 5.74) is 3.73. The van der Waals surface area contributed by atoms with E-state index in [4.69, 9.17) is 0 Å². The number of aromatic nitrogens is 3. The molecule has 0 aliphatic carbocycles. The van der Waals surface area contributed by atoms with E-state index in [-0.39, 0.29) is 5.82 Å². The van der Waals surface area contributed by atoms with E-state index in [2.05, 4.69) is 19.6 Å².